The second-order valence-electron chi connectivity index (χ2n) is 7.56. The van der Waals surface area contributed by atoms with Gasteiger partial charge in [-0.3, -0.25) is 14.9 Å². The first-order valence-corrected chi connectivity index (χ1v) is 11.2. The number of methoxy groups -OCH3 is 1. The van der Waals surface area contributed by atoms with Crippen LogP contribution < -0.4 is 15.4 Å². The lowest BCUT2D eigenvalue weighted by Crippen LogP contribution is -2.50. The van der Waals surface area contributed by atoms with E-state index >= 15 is 0 Å². The number of imide groups is 1. The van der Waals surface area contributed by atoms with Gasteiger partial charge < -0.3 is 15.0 Å². The monoisotopic (exact) mass is 467 g/mol. The van der Waals surface area contributed by atoms with Crippen LogP contribution in [-0.4, -0.2) is 36.4 Å². The van der Waals surface area contributed by atoms with E-state index in [1.54, 1.807) is 42.7 Å². The number of hydrogen-bond acceptors (Lipinski definition) is 5. The molecule has 1 aliphatic rings. The lowest BCUT2D eigenvalue weighted by atomic mass is 9.84. The minimum Gasteiger partial charge on any atom is -0.497 e. The number of thiophene rings is 1. The summed E-state index contributed by atoms with van der Waals surface area (Å²) >= 11 is 1.54. The van der Waals surface area contributed by atoms with Gasteiger partial charge in [0.2, 0.25) is 5.91 Å². The first-order chi connectivity index (χ1) is 15.9. The average Bonchev–Trinajstić information content (AvgIpc) is 3.40. The second-order valence-corrected chi connectivity index (χ2v) is 8.59. The first-order valence-electron chi connectivity index (χ1n) is 10.3. The van der Waals surface area contributed by atoms with Gasteiger partial charge in [-0.05, 0) is 59.8 Å². The highest BCUT2D eigenvalue weighted by Gasteiger charge is 2.55. The van der Waals surface area contributed by atoms with Crippen molar-refractivity contribution in [2.75, 3.05) is 19.0 Å². The Balaban J connectivity index is 1.65. The summed E-state index contributed by atoms with van der Waals surface area (Å²) in [5, 5.41) is 7.04. The molecule has 2 aromatic carbocycles. The van der Waals surface area contributed by atoms with Gasteiger partial charge in [-0.15, -0.1) is 11.3 Å². The Morgan fingerprint density at radius 3 is 2.48 bits per heavy atom. The number of carbonyl (C=O) groups is 3. The van der Waals surface area contributed by atoms with E-state index in [1.165, 1.54) is 29.2 Å². The molecule has 1 fully saturated rings. The molecule has 3 aromatic rings. The van der Waals surface area contributed by atoms with E-state index < -0.39 is 29.2 Å². The van der Waals surface area contributed by atoms with Gasteiger partial charge in [-0.1, -0.05) is 18.2 Å². The van der Waals surface area contributed by atoms with Crippen LogP contribution in [-0.2, 0) is 21.5 Å². The standard InChI is InChI=1S/C24H22FN3O4S/c1-32-19-10-8-18(9-11-19)26-21(29)15-24(16-4-6-17(25)7-5-16)22(30)27-23(31)28(24)13-12-20-3-2-14-33-20/h2-11,14H,12-13,15H2,1H3,(H,26,29)(H,27,30,31). The zero-order chi connectivity index (χ0) is 23.4. The number of carbonyl (C=O) groups excluding carboxylic acids is 3. The Bertz CT molecular complexity index is 1150. The van der Waals surface area contributed by atoms with Crippen LogP contribution in [0.3, 0.4) is 0 Å². The number of rotatable bonds is 8. The van der Waals surface area contributed by atoms with Crippen LogP contribution in [0.4, 0.5) is 14.9 Å². The molecule has 2 heterocycles. The van der Waals surface area contributed by atoms with Crippen molar-refractivity contribution < 1.29 is 23.5 Å². The molecule has 1 aromatic heterocycles. The predicted octanol–water partition coefficient (Wildman–Crippen LogP) is 3.91. The van der Waals surface area contributed by atoms with E-state index in [0.717, 1.165) is 4.88 Å². The molecule has 0 radical (unpaired) electrons. The largest absolute Gasteiger partial charge is 0.497 e. The lowest BCUT2D eigenvalue weighted by molar-refractivity contribution is -0.131. The highest BCUT2D eigenvalue weighted by molar-refractivity contribution is 7.09. The van der Waals surface area contributed by atoms with E-state index in [1.807, 2.05) is 17.5 Å². The molecule has 2 N–H and O–H groups in total. The van der Waals surface area contributed by atoms with E-state index in [0.29, 0.717) is 23.4 Å². The summed E-state index contributed by atoms with van der Waals surface area (Å²) in [5.74, 6) is -0.923. The maximum absolute atomic E-state index is 13.6. The molecular formula is C24H22FN3O4S. The third-order valence-electron chi connectivity index (χ3n) is 5.58. The normalized spacial score (nSPS) is 17.7. The van der Waals surface area contributed by atoms with Gasteiger partial charge in [0.25, 0.3) is 5.91 Å². The van der Waals surface area contributed by atoms with E-state index in [4.69, 9.17) is 4.74 Å². The van der Waals surface area contributed by atoms with Crippen molar-refractivity contribution in [3.8, 4) is 5.75 Å². The maximum atomic E-state index is 13.6. The molecule has 1 aliphatic heterocycles. The van der Waals surface area contributed by atoms with Crippen LogP contribution in [0.15, 0.2) is 66.0 Å². The molecule has 0 spiro atoms. The lowest BCUT2D eigenvalue weighted by Gasteiger charge is -2.35. The number of halogens is 1. The molecule has 9 heteroatoms. The van der Waals surface area contributed by atoms with Crippen molar-refractivity contribution in [3.05, 3.63) is 82.3 Å². The second kappa shape index (κ2) is 9.41. The van der Waals surface area contributed by atoms with Gasteiger partial charge in [-0.25, -0.2) is 9.18 Å². The van der Waals surface area contributed by atoms with Crippen molar-refractivity contribution in [2.24, 2.45) is 0 Å². The minimum atomic E-state index is -1.60. The molecule has 7 nitrogen and oxygen atoms in total. The molecule has 0 aliphatic carbocycles. The van der Waals surface area contributed by atoms with Gasteiger partial charge >= 0.3 is 6.03 Å². The van der Waals surface area contributed by atoms with E-state index in [9.17, 15) is 18.8 Å². The molecule has 0 saturated carbocycles. The molecule has 33 heavy (non-hydrogen) atoms. The SMILES string of the molecule is COc1ccc(NC(=O)CC2(c3ccc(F)cc3)C(=O)NC(=O)N2CCc2cccs2)cc1. The third-order valence-corrected chi connectivity index (χ3v) is 6.51. The van der Waals surface area contributed by atoms with Crippen LogP contribution in [0.2, 0.25) is 0 Å². The zero-order valence-electron chi connectivity index (χ0n) is 17.8. The molecule has 170 valence electrons. The number of nitrogens with one attached hydrogen (secondary N) is 2. The van der Waals surface area contributed by atoms with Crippen LogP contribution in [0.1, 0.15) is 16.9 Å². The van der Waals surface area contributed by atoms with Gasteiger partial charge in [-0.2, -0.15) is 0 Å². The summed E-state index contributed by atoms with van der Waals surface area (Å²) in [7, 11) is 1.54. The van der Waals surface area contributed by atoms with Gasteiger partial charge in [0, 0.05) is 17.1 Å². The highest BCUT2D eigenvalue weighted by Crippen LogP contribution is 2.37. The average molecular weight is 468 g/mol. The van der Waals surface area contributed by atoms with Crippen molar-refractivity contribution in [2.45, 2.75) is 18.4 Å². The number of anilines is 1. The van der Waals surface area contributed by atoms with E-state index in [2.05, 4.69) is 10.6 Å². The molecule has 1 unspecified atom stereocenters. The molecule has 4 amide bonds. The summed E-state index contributed by atoms with van der Waals surface area (Å²) in [6.07, 6.45) is 0.189. The van der Waals surface area contributed by atoms with Gasteiger partial charge in [0.1, 0.15) is 11.6 Å². The Kier molecular flexibility index (Phi) is 6.41. The van der Waals surface area contributed by atoms with Crippen LogP contribution in [0, 0.1) is 5.82 Å². The fourth-order valence-corrected chi connectivity index (χ4v) is 4.63. The smallest absolute Gasteiger partial charge is 0.325 e. The third kappa shape index (κ3) is 4.58. The minimum absolute atomic E-state index is 0.214. The molecule has 1 saturated heterocycles. The Hall–Kier alpha value is -3.72. The van der Waals surface area contributed by atoms with Crippen molar-refractivity contribution in [1.82, 2.24) is 10.2 Å². The maximum Gasteiger partial charge on any atom is 0.325 e. The predicted molar refractivity (Wildman–Crippen MR) is 123 cm³/mol. The highest BCUT2D eigenvalue weighted by atomic mass is 32.1. The van der Waals surface area contributed by atoms with Crippen LogP contribution in [0.5, 0.6) is 5.75 Å². The Morgan fingerprint density at radius 1 is 1.12 bits per heavy atom. The van der Waals surface area contributed by atoms with Crippen molar-refractivity contribution in [3.63, 3.8) is 0 Å². The Morgan fingerprint density at radius 2 is 1.85 bits per heavy atom. The number of benzene rings is 2. The summed E-state index contributed by atoms with van der Waals surface area (Å²) in [5.41, 5.74) is -0.716. The van der Waals surface area contributed by atoms with Gasteiger partial charge in [0.05, 0.1) is 13.5 Å². The quantitative estimate of drug-likeness (QED) is 0.492. The Labute approximate surface area is 194 Å². The fraction of sp³-hybridized carbons (Fsp3) is 0.208. The summed E-state index contributed by atoms with van der Waals surface area (Å²) in [4.78, 5) is 41.4. The molecule has 1 atom stereocenters. The molecule has 4 rings (SSSR count). The summed E-state index contributed by atoms with van der Waals surface area (Å²) < 4.78 is 18.8. The van der Waals surface area contributed by atoms with E-state index in [-0.39, 0.29) is 13.0 Å². The molecular weight excluding hydrogens is 445 g/mol. The summed E-state index contributed by atoms with van der Waals surface area (Å²) in [6, 6.07) is 15.3. The topological polar surface area (TPSA) is 87.7 Å². The number of urea groups is 1. The first kappa shape index (κ1) is 22.5. The number of amides is 4. The zero-order valence-corrected chi connectivity index (χ0v) is 18.7. The van der Waals surface area contributed by atoms with Crippen LogP contribution >= 0.6 is 11.3 Å². The van der Waals surface area contributed by atoms with Crippen molar-refractivity contribution in [1.29, 1.82) is 0 Å². The fourth-order valence-electron chi connectivity index (χ4n) is 3.94. The van der Waals surface area contributed by atoms with Crippen molar-refractivity contribution >= 4 is 34.9 Å². The number of nitrogens with zero attached hydrogens (tertiary/aromatic N) is 1. The van der Waals surface area contributed by atoms with Gasteiger partial charge in [0.15, 0.2) is 5.54 Å². The number of ether oxygens (including phenoxy) is 1. The van der Waals surface area contributed by atoms with Crippen LogP contribution in [0.25, 0.3) is 0 Å². The summed E-state index contributed by atoms with van der Waals surface area (Å²) in [6.45, 7) is 0.214. The number of hydrogen-bond donors (Lipinski definition) is 2. The molecule has 0 bridgehead atoms.